The molecule has 1 aromatic carbocycles. The third-order valence-electron chi connectivity index (χ3n) is 4.01. The molecule has 3 heteroatoms. The highest BCUT2D eigenvalue weighted by molar-refractivity contribution is 5.19. The third kappa shape index (κ3) is 4.58. The Hall–Kier alpha value is -0.900. The van der Waals surface area contributed by atoms with Gasteiger partial charge in [-0.1, -0.05) is 37.3 Å². The molecular weight excluding hydrogens is 248 g/mol. The second-order valence-electron chi connectivity index (χ2n) is 5.65. The Balaban J connectivity index is 1.87. The normalized spacial score (nSPS) is 21.8. The van der Waals surface area contributed by atoms with Crippen LogP contribution in [0.4, 0.5) is 0 Å². The summed E-state index contributed by atoms with van der Waals surface area (Å²) in [5.74, 6) is 0. The van der Waals surface area contributed by atoms with E-state index in [9.17, 15) is 0 Å². The molecule has 0 aromatic heterocycles. The molecule has 20 heavy (non-hydrogen) atoms. The van der Waals surface area contributed by atoms with Gasteiger partial charge in [0, 0.05) is 25.7 Å². The van der Waals surface area contributed by atoms with Gasteiger partial charge >= 0.3 is 0 Å². The standard InChI is InChI=1S/C17H28N2O/c1-3-12-20-16-10-7-11-19(13-16)14-17(18-2)15-8-5-4-6-9-15/h4-6,8-9,16-18H,3,7,10-14H2,1-2H3. The van der Waals surface area contributed by atoms with Crippen molar-refractivity contribution in [1.29, 1.82) is 0 Å². The molecule has 2 rings (SSSR count). The van der Waals surface area contributed by atoms with Gasteiger partial charge in [-0.25, -0.2) is 0 Å². The Labute approximate surface area is 123 Å². The van der Waals surface area contributed by atoms with Gasteiger partial charge < -0.3 is 10.1 Å². The van der Waals surface area contributed by atoms with Gasteiger partial charge in [-0.2, -0.15) is 0 Å². The molecule has 0 bridgehead atoms. The van der Waals surface area contributed by atoms with E-state index >= 15 is 0 Å². The molecule has 0 amide bonds. The van der Waals surface area contributed by atoms with Crippen molar-refractivity contribution in [3.63, 3.8) is 0 Å². The number of likely N-dealkylation sites (N-methyl/N-ethyl adjacent to an activating group) is 1. The van der Waals surface area contributed by atoms with Crippen LogP contribution in [0.2, 0.25) is 0 Å². The Morgan fingerprint density at radius 1 is 1.35 bits per heavy atom. The number of nitrogens with zero attached hydrogens (tertiary/aromatic N) is 1. The monoisotopic (exact) mass is 276 g/mol. The fourth-order valence-corrected chi connectivity index (χ4v) is 2.91. The van der Waals surface area contributed by atoms with E-state index in [2.05, 4.69) is 47.5 Å². The van der Waals surface area contributed by atoms with Crippen molar-refractivity contribution in [3.8, 4) is 0 Å². The van der Waals surface area contributed by atoms with Crippen molar-refractivity contribution in [3.05, 3.63) is 35.9 Å². The van der Waals surface area contributed by atoms with Gasteiger partial charge in [-0.05, 0) is 38.4 Å². The predicted molar refractivity (Wildman–Crippen MR) is 83.9 cm³/mol. The largest absolute Gasteiger partial charge is 0.377 e. The third-order valence-corrected chi connectivity index (χ3v) is 4.01. The summed E-state index contributed by atoms with van der Waals surface area (Å²) in [5.41, 5.74) is 1.37. The number of rotatable bonds is 7. The molecule has 1 aliphatic heterocycles. The summed E-state index contributed by atoms with van der Waals surface area (Å²) >= 11 is 0. The van der Waals surface area contributed by atoms with Crippen LogP contribution in [-0.2, 0) is 4.74 Å². The second kappa shape index (κ2) is 8.40. The van der Waals surface area contributed by atoms with Crippen molar-refractivity contribution < 1.29 is 4.74 Å². The first-order valence-corrected chi connectivity index (χ1v) is 7.89. The van der Waals surface area contributed by atoms with E-state index in [4.69, 9.17) is 4.74 Å². The van der Waals surface area contributed by atoms with Gasteiger partial charge in [0.25, 0.3) is 0 Å². The van der Waals surface area contributed by atoms with Crippen LogP contribution in [0.3, 0.4) is 0 Å². The summed E-state index contributed by atoms with van der Waals surface area (Å²) in [7, 11) is 2.05. The SMILES string of the molecule is CCCOC1CCCN(CC(NC)c2ccccc2)C1. The van der Waals surface area contributed by atoms with E-state index in [0.717, 1.165) is 26.1 Å². The lowest BCUT2D eigenvalue weighted by Gasteiger charge is -2.35. The van der Waals surface area contributed by atoms with Gasteiger partial charge in [0.2, 0.25) is 0 Å². The summed E-state index contributed by atoms with van der Waals surface area (Å²) in [5, 5.41) is 3.44. The Morgan fingerprint density at radius 3 is 2.85 bits per heavy atom. The first-order valence-electron chi connectivity index (χ1n) is 7.89. The number of hydrogen-bond donors (Lipinski definition) is 1. The van der Waals surface area contributed by atoms with Crippen molar-refractivity contribution >= 4 is 0 Å². The van der Waals surface area contributed by atoms with Crippen LogP contribution >= 0.6 is 0 Å². The van der Waals surface area contributed by atoms with E-state index in [1.165, 1.54) is 24.9 Å². The lowest BCUT2D eigenvalue weighted by molar-refractivity contribution is -0.00213. The van der Waals surface area contributed by atoms with Gasteiger partial charge in [0.05, 0.1) is 6.10 Å². The summed E-state index contributed by atoms with van der Waals surface area (Å²) in [6, 6.07) is 11.1. The minimum atomic E-state index is 0.404. The average Bonchev–Trinajstić information content (AvgIpc) is 2.52. The number of nitrogens with one attached hydrogen (secondary N) is 1. The molecule has 1 fully saturated rings. The molecule has 1 aliphatic rings. The van der Waals surface area contributed by atoms with E-state index in [1.807, 2.05) is 7.05 Å². The van der Waals surface area contributed by atoms with Crippen LogP contribution in [0.1, 0.15) is 37.8 Å². The van der Waals surface area contributed by atoms with Crippen LogP contribution in [0.15, 0.2) is 30.3 Å². The number of piperidine rings is 1. The highest BCUT2D eigenvalue weighted by Gasteiger charge is 2.22. The zero-order valence-electron chi connectivity index (χ0n) is 12.8. The molecule has 112 valence electrons. The van der Waals surface area contributed by atoms with Gasteiger partial charge in [0.15, 0.2) is 0 Å². The van der Waals surface area contributed by atoms with Crippen molar-refractivity contribution in [2.75, 3.05) is 33.3 Å². The van der Waals surface area contributed by atoms with Gasteiger partial charge in [-0.3, -0.25) is 4.90 Å². The molecular formula is C17H28N2O. The summed E-state index contributed by atoms with van der Waals surface area (Å²) in [6.07, 6.45) is 4.00. The molecule has 0 spiro atoms. The van der Waals surface area contributed by atoms with Gasteiger partial charge in [-0.15, -0.1) is 0 Å². The highest BCUT2D eigenvalue weighted by atomic mass is 16.5. The maximum absolute atomic E-state index is 5.92. The van der Waals surface area contributed by atoms with E-state index in [-0.39, 0.29) is 0 Å². The van der Waals surface area contributed by atoms with Crippen LogP contribution in [0.25, 0.3) is 0 Å². The molecule has 1 heterocycles. The number of ether oxygens (including phenoxy) is 1. The van der Waals surface area contributed by atoms with E-state index in [1.54, 1.807) is 0 Å². The molecule has 1 aromatic rings. The maximum atomic E-state index is 5.92. The lowest BCUT2D eigenvalue weighted by atomic mass is 10.0. The van der Waals surface area contributed by atoms with E-state index < -0.39 is 0 Å². The highest BCUT2D eigenvalue weighted by Crippen LogP contribution is 2.18. The minimum absolute atomic E-state index is 0.404. The lowest BCUT2D eigenvalue weighted by Crippen LogP contribution is -2.43. The zero-order chi connectivity index (χ0) is 14.2. The quantitative estimate of drug-likeness (QED) is 0.829. The average molecular weight is 276 g/mol. The Morgan fingerprint density at radius 2 is 2.15 bits per heavy atom. The molecule has 0 saturated carbocycles. The fraction of sp³-hybridized carbons (Fsp3) is 0.647. The van der Waals surface area contributed by atoms with Crippen LogP contribution in [0, 0.1) is 0 Å². The maximum Gasteiger partial charge on any atom is 0.0702 e. The zero-order valence-corrected chi connectivity index (χ0v) is 12.8. The topological polar surface area (TPSA) is 24.5 Å². The van der Waals surface area contributed by atoms with Gasteiger partial charge in [0.1, 0.15) is 0 Å². The van der Waals surface area contributed by atoms with Crippen molar-refractivity contribution in [2.24, 2.45) is 0 Å². The molecule has 2 atom stereocenters. The van der Waals surface area contributed by atoms with Crippen LogP contribution in [0.5, 0.6) is 0 Å². The summed E-state index contributed by atoms with van der Waals surface area (Å²) < 4.78 is 5.92. The molecule has 1 saturated heterocycles. The predicted octanol–water partition coefficient (Wildman–Crippen LogP) is 2.84. The first-order chi connectivity index (χ1) is 9.83. The summed E-state index contributed by atoms with van der Waals surface area (Å²) in [4.78, 5) is 2.54. The molecule has 3 nitrogen and oxygen atoms in total. The summed E-state index contributed by atoms with van der Waals surface area (Å²) in [6.45, 7) is 6.40. The molecule has 0 radical (unpaired) electrons. The smallest absolute Gasteiger partial charge is 0.0702 e. The first kappa shape index (κ1) is 15.5. The van der Waals surface area contributed by atoms with Crippen LogP contribution < -0.4 is 5.32 Å². The van der Waals surface area contributed by atoms with E-state index in [0.29, 0.717) is 12.1 Å². The van der Waals surface area contributed by atoms with Crippen molar-refractivity contribution in [2.45, 2.75) is 38.3 Å². The minimum Gasteiger partial charge on any atom is -0.377 e. The number of likely N-dealkylation sites (tertiary alicyclic amines) is 1. The Bertz CT molecular complexity index is 369. The van der Waals surface area contributed by atoms with Crippen LogP contribution in [-0.4, -0.2) is 44.3 Å². The number of hydrogen-bond acceptors (Lipinski definition) is 3. The fourth-order valence-electron chi connectivity index (χ4n) is 2.91. The number of benzene rings is 1. The molecule has 1 N–H and O–H groups in total. The Kier molecular flexibility index (Phi) is 6.51. The van der Waals surface area contributed by atoms with Crippen molar-refractivity contribution in [1.82, 2.24) is 10.2 Å². The second-order valence-corrected chi connectivity index (χ2v) is 5.65. The molecule has 2 unspecified atom stereocenters. The molecule has 0 aliphatic carbocycles.